The third-order valence-electron chi connectivity index (χ3n) is 2.06. The number of hydrogen-bond acceptors (Lipinski definition) is 7. The second-order valence-corrected chi connectivity index (χ2v) is 4.00. The summed E-state index contributed by atoms with van der Waals surface area (Å²) in [6.07, 6.45) is 0.953. The van der Waals surface area contributed by atoms with Gasteiger partial charge in [-0.2, -0.15) is 15.0 Å². The summed E-state index contributed by atoms with van der Waals surface area (Å²) in [5.74, 6) is 0.721. The van der Waals surface area contributed by atoms with Crippen LogP contribution >= 0.6 is 11.6 Å². The Morgan fingerprint density at radius 1 is 1.33 bits per heavy atom. The highest BCUT2D eigenvalue weighted by molar-refractivity contribution is 6.28. The van der Waals surface area contributed by atoms with Gasteiger partial charge < -0.3 is 20.5 Å². The minimum atomic E-state index is -0.285. The number of hydrogen-bond donors (Lipinski definition) is 3. The predicted octanol–water partition coefficient (Wildman–Crippen LogP) is 0.766. The molecule has 0 bridgehead atoms. The highest BCUT2D eigenvalue weighted by atomic mass is 35.5. The highest BCUT2D eigenvalue weighted by Crippen LogP contribution is 2.10. The Morgan fingerprint density at radius 2 is 2.06 bits per heavy atom. The van der Waals surface area contributed by atoms with E-state index in [0.717, 1.165) is 13.0 Å². The fraction of sp³-hybridized carbons (Fsp3) is 0.700. The largest absolute Gasteiger partial charge is 0.394 e. The molecule has 0 amide bonds. The van der Waals surface area contributed by atoms with Gasteiger partial charge in [-0.25, -0.2) is 0 Å². The lowest BCUT2D eigenvalue weighted by molar-refractivity contribution is 0.153. The Morgan fingerprint density at radius 3 is 2.67 bits per heavy atom. The van der Waals surface area contributed by atoms with Gasteiger partial charge in [-0.05, 0) is 18.0 Å². The molecule has 18 heavy (non-hydrogen) atoms. The van der Waals surface area contributed by atoms with Crippen molar-refractivity contribution in [3.8, 4) is 0 Å². The number of methoxy groups -OCH3 is 1. The molecule has 0 radical (unpaired) electrons. The SMILES string of the molecule is CCCNc1nc(Cl)nc(NC(CO)COC)n1. The van der Waals surface area contributed by atoms with Crippen LogP contribution in [0.15, 0.2) is 0 Å². The van der Waals surface area contributed by atoms with Gasteiger partial charge in [-0.15, -0.1) is 0 Å². The molecule has 1 aromatic heterocycles. The van der Waals surface area contributed by atoms with Crippen LogP contribution in [0.3, 0.4) is 0 Å². The third kappa shape index (κ3) is 4.99. The number of ether oxygens (including phenoxy) is 1. The predicted molar refractivity (Wildman–Crippen MR) is 70.0 cm³/mol. The van der Waals surface area contributed by atoms with Gasteiger partial charge in [0.25, 0.3) is 0 Å². The minimum Gasteiger partial charge on any atom is -0.394 e. The molecule has 7 nitrogen and oxygen atoms in total. The van der Waals surface area contributed by atoms with E-state index in [1.807, 2.05) is 6.92 Å². The van der Waals surface area contributed by atoms with Gasteiger partial charge >= 0.3 is 0 Å². The normalized spacial score (nSPS) is 12.2. The van der Waals surface area contributed by atoms with Crippen molar-refractivity contribution in [2.45, 2.75) is 19.4 Å². The Labute approximate surface area is 111 Å². The summed E-state index contributed by atoms with van der Waals surface area (Å²) < 4.78 is 4.95. The topological polar surface area (TPSA) is 92.2 Å². The van der Waals surface area contributed by atoms with Crippen molar-refractivity contribution in [3.63, 3.8) is 0 Å². The fourth-order valence-corrected chi connectivity index (χ4v) is 1.41. The number of nitrogens with zero attached hydrogens (tertiary/aromatic N) is 3. The van der Waals surface area contributed by atoms with E-state index in [1.54, 1.807) is 7.11 Å². The molecule has 1 aromatic rings. The van der Waals surface area contributed by atoms with Crippen LogP contribution < -0.4 is 10.6 Å². The molecule has 1 rings (SSSR count). The van der Waals surface area contributed by atoms with Gasteiger partial charge in [-0.1, -0.05) is 6.92 Å². The summed E-state index contributed by atoms with van der Waals surface area (Å²) in [6, 6.07) is -0.285. The number of aliphatic hydroxyl groups excluding tert-OH is 1. The molecule has 8 heteroatoms. The number of aliphatic hydroxyl groups is 1. The first-order valence-corrected chi connectivity index (χ1v) is 6.09. The van der Waals surface area contributed by atoms with Gasteiger partial charge in [0.05, 0.1) is 19.3 Å². The van der Waals surface area contributed by atoms with Gasteiger partial charge in [-0.3, -0.25) is 0 Å². The standard InChI is InChI=1S/C10H18ClN5O2/c1-3-4-12-9-14-8(11)15-10(16-9)13-7(5-17)6-18-2/h7,17H,3-6H2,1-2H3,(H2,12,13,14,15,16). The summed E-state index contributed by atoms with van der Waals surface area (Å²) in [4.78, 5) is 12.0. The maximum atomic E-state index is 9.14. The van der Waals surface area contributed by atoms with Crippen molar-refractivity contribution in [2.75, 3.05) is 37.5 Å². The van der Waals surface area contributed by atoms with E-state index in [4.69, 9.17) is 21.4 Å². The van der Waals surface area contributed by atoms with Crippen molar-refractivity contribution >= 4 is 23.5 Å². The first-order chi connectivity index (χ1) is 8.69. The van der Waals surface area contributed by atoms with E-state index in [1.165, 1.54) is 0 Å². The van der Waals surface area contributed by atoms with Gasteiger partial charge in [0.15, 0.2) is 0 Å². The Kier molecular flexibility index (Phi) is 6.63. The quantitative estimate of drug-likeness (QED) is 0.645. The summed E-state index contributed by atoms with van der Waals surface area (Å²) in [5, 5.41) is 15.2. The Bertz CT molecular complexity index is 366. The summed E-state index contributed by atoms with van der Waals surface area (Å²) in [5.41, 5.74) is 0. The molecule has 1 heterocycles. The zero-order chi connectivity index (χ0) is 13.4. The third-order valence-corrected chi connectivity index (χ3v) is 2.23. The lowest BCUT2D eigenvalue weighted by atomic mass is 10.3. The van der Waals surface area contributed by atoms with Crippen molar-refractivity contribution in [2.24, 2.45) is 0 Å². The van der Waals surface area contributed by atoms with Crippen molar-refractivity contribution in [1.29, 1.82) is 0 Å². The van der Waals surface area contributed by atoms with E-state index >= 15 is 0 Å². The lowest BCUT2D eigenvalue weighted by Crippen LogP contribution is -2.30. The molecule has 102 valence electrons. The van der Waals surface area contributed by atoms with Gasteiger partial charge in [0.2, 0.25) is 17.2 Å². The van der Waals surface area contributed by atoms with Crippen molar-refractivity contribution in [3.05, 3.63) is 5.28 Å². The molecule has 0 aliphatic rings. The van der Waals surface area contributed by atoms with Crippen molar-refractivity contribution < 1.29 is 9.84 Å². The van der Waals surface area contributed by atoms with E-state index < -0.39 is 0 Å². The van der Waals surface area contributed by atoms with Crippen LogP contribution in [-0.2, 0) is 4.74 Å². The zero-order valence-corrected chi connectivity index (χ0v) is 11.2. The van der Waals surface area contributed by atoms with Crippen LogP contribution in [0, 0.1) is 0 Å². The molecule has 0 saturated carbocycles. The summed E-state index contributed by atoms with van der Waals surface area (Å²) in [7, 11) is 1.55. The maximum absolute atomic E-state index is 9.14. The average molecular weight is 276 g/mol. The zero-order valence-electron chi connectivity index (χ0n) is 10.5. The number of aromatic nitrogens is 3. The molecule has 0 spiro atoms. The van der Waals surface area contributed by atoms with Gasteiger partial charge in [0, 0.05) is 13.7 Å². The average Bonchev–Trinajstić information content (AvgIpc) is 2.35. The monoisotopic (exact) mass is 275 g/mol. The lowest BCUT2D eigenvalue weighted by Gasteiger charge is -2.15. The van der Waals surface area contributed by atoms with Gasteiger partial charge in [0.1, 0.15) is 0 Å². The van der Waals surface area contributed by atoms with E-state index in [9.17, 15) is 0 Å². The molecule has 1 atom stereocenters. The Hall–Kier alpha value is -1.18. The molecule has 0 saturated heterocycles. The maximum Gasteiger partial charge on any atom is 0.229 e. The molecule has 0 aliphatic carbocycles. The number of nitrogens with one attached hydrogen (secondary N) is 2. The molecule has 3 N–H and O–H groups in total. The minimum absolute atomic E-state index is 0.0884. The molecule has 0 aliphatic heterocycles. The molecular formula is C10H18ClN5O2. The van der Waals surface area contributed by atoms with Crippen LogP contribution in [0.5, 0.6) is 0 Å². The van der Waals surface area contributed by atoms with Crippen LogP contribution in [0.25, 0.3) is 0 Å². The first-order valence-electron chi connectivity index (χ1n) is 5.71. The molecule has 0 fully saturated rings. The fourth-order valence-electron chi connectivity index (χ4n) is 1.25. The second kappa shape index (κ2) is 8.02. The smallest absolute Gasteiger partial charge is 0.229 e. The number of halogens is 1. The summed E-state index contributed by atoms with van der Waals surface area (Å²) >= 11 is 5.80. The molecule has 1 unspecified atom stereocenters. The van der Waals surface area contributed by atoms with Crippen LogP contribution in [0.2, 0.25) is 5.28 Å². The molecule has 0 aromatic carbocycles. The van der Waals surface area contributed by atoms with E-state index in [2.05, 4.69) is 25.6 Å². The summed E-state index contributed by atoms with van der Waals surface area (Å²) in [6.45, 7) is 3.04. The number of anilines is 2. The second-order valence-electron chi connectivity index (χ2n) is 3.66. The van der Waals surface area contributed by atoms with Crippen LogP contribution in [0.4, 0.5) is 11.9 Å². The molecular weight excluding hydrogens is 258 g/mol. The highest BCUT2D eigenvalue weighted by Gasteiger charge is 2.10. The van der Waals surface area contributed by atoms with Crippen LogP contribution in [-0.4, -0.2) is 53.0 Å². The van der Waals surface area contributed by atoms with Crippen molar-refractivity contribution in [1.82, 2.24) is 15.0 Å². The van der Waals surface area contributed by atoms with E-state index in [0.29, 0.717) is 18.5 Å². The number of rotatable bonds is 8. The Balaban J connectivity index is 2.71. The first kappa shape index (κ1) is 14.9. The van der Waals surface area contributed by atoms with Crippen LogP contribution in [0.1, 0.15) is 13.3 Å². The van der Waals surface area contributed by atoms with E-state index in [-0.39, 0.29) is 17.9 Å².